The minimum absolute atomic E-state index is 0.0520. The average Bonchev–Trinajstić information content (AvgIpc) is 2.62. The van der Waals surface area contributed by atoms with Crippen molar-refractivity contribution in [2.45, 2.75) is 111 Å². The molecule has 0 heterocycles. The lowest BCUT2D eigenvalue weighted by Crippen LogP contribution is -2.49. The fourth-order valence-corrected chi connectivity index (χ4v) is 3.87. The van der Waals surface area contributed by atoms with E-state index in [-0.39, 0.29) is 34.9 Å². The van der Waals surface area contributed by atoms with Gasteiger partial charge >= 0.3 is 0 Å². The topological polar surface area (TPSA) is 42.5 Å². The van der Waals surface area contributed by atoms with Gasteiger partial charge in [-0.3, -0.25) is 0 Å². The van der Waals surface area contributed by atoms with Crippen LogP contribution in [0.1, 0.15) is 99.4 Å². The molecule has 2 aromatic rings. The molecule has 0 aliphatic rings. The predicted molar refractivity (Wildman–Crippen MR) is 140 cm³/mol. The molecule has 2 N–H and O–H groups in total. The highest BCUT2D eigenvalue weighted by Crippen LogP contribution is 2.41. The van der Waals surface area contributed by atoms with Crippen molar-refractivity contribution in [2.24, 2.45) is 0 Å². The molecule has 0 saturated carbocycles. The zero-order valence-corrected chi connectivity index (χ0v) is 22.7. The second-order valence-electron chi connectivity index (χ2n) is 12.2. The molecule has 2 rings (SSSR count). The quantitative estimate of drug-likeness (QED) is 0.442. The third-order valence-electron chi connectivity index (χ3n) is 4.80. The second-order valence-corrected chi connectivity index (χ2v) is 12.2. The van der Waals surface area contributed by atoms with Crippen molar-refractivity contribution in [3.8, 4) is 11.5 Å². The van der Waals surface area contributed by atoms with Crippen LogP contribution < -0.4 is 20.1 Å². The monoisotopic (exact) mass is 454 g/mol. The molecule has 0 aliphatic heterocycles. The van der Waals surface area contributed by atoms with Crippen LogP contribution in [0, 0.1) is 0 Å². The molecule has 2 atom stereocenters. The fraction of sp³-hybridized carbons (Fsp3) is 0.586. The molecule has 0 radical (unpaired) electrons. The Balaban J connectivity index is 2.73. The number of para-hydroxylation sites is 2. The predicted octanol–water partition coefficient (Wildman–Crippen LogP) is 7.21. The first-order valence-electron chi connectivity index (χ1n) is 12.1. The highest BCUT2D eigenvalue weighted by molar-refractivity contribution is 5.43. The van der Waals surface area contributed by atoms with Crippen LogP contribution in [-0.4, -0.2) is 22.8 Å². The van der Waals surface area contributed by atoms with Gasteiger partial charge in [-0.1, -0.05) is 36.4 Å². The molecule has 0 fully saturated rings. The van der Waals surface area contributed by atoms with Crippen LogP contribution in [0.3, 0.4) is 0 Å². The van der Waals surface area contributed by atoms with Gasteiger partial charge in [0.2, 0.25) is 0 Å². The summed E-state index contributed by atoms with van der Waals surface area (Å²) < 4.78 is 12.7. The number of rotatable bonds is 8. The Morgan fingerprint density at radius 3 is 1.39 bits per heavy atom. The first-order chi connectivity index (χ1) is 15.1. The van der Waals surface area contributed by atoms with Gasteiger partial charge in [0.1, 0.15) is 17.1 Å². The van der Waals surface area contributed by atoms with E-state index in [0.29, 0.717) is 0 Å². The third kappa shape index (κ3) is 9.02. The molecule has 0 aliphatic carbocycles. The Kier molecular flexibility index (Phi) is 8.64. The van der Waals surface area contributed by atoms with Crippen LogP contribution >= 0.6 is 0 Å². The molecule has 0 bridgehead atoms. The van der Waals surface area contributed by atoms with Gasteiger partial charge in [0.25, 0.3) is 0 Å². The van der Waals surface area contributed by atoms with E-state index >= 15 is 0 Å². The van der Waals surface area contributed by atoms with Crippen molar-refractivity contribution in [3.63, 3.8) is 0 Å². The summed E-state index contributed by atoms with van der Waals surface area (Å²) in [5.41, 5.74) is 1.73. The van der Waals surface area contributed by atoms with Gasteiger partial charge in [0.15, 0.2) is 0 Å². The van der Waals surface area contributed by atoms with Gasteiger partial charge in [-0.15, -0.1) is 0 Å². The summed E-state index contributed by atoms with van der Waals surface area (Å²) in [7, 11) is 0. The number of hydrogen-bond acceptors (Lipinski definition) is 4. The Labute approximate surface area is 202 Å². The lowest BCUT2D eigenvalue weighted by molar-refractivity contribution is 0.126. The molecule has 33 heavy (non-hydrogen) atoms. The van der Waals surface area contributed by atoms with Gasteiger partial charge in [-0.2, -0.15) is 0 Å². The summed E-state index contributed by atoms with van der Waals surface area (Å²) in [5.74, 6) is 1.80. The van der Waals surface area contributed by atoms with E-state index < -0.39 is 0 Å². The first-order valence-corrected chi connectivity index (χ1v) is 12.1. The standard InChI is InChI=1S/C29H46N2O2/c1-20(2)32-23-18-14-12-16-21(23)25(30-27(3,4)5)26(31-28(6,7)8)22-17-13-15-19-24(22)33-29(9,10)11/h12-20,25-26,30-31H,1-11H3/t25-,26-/m0/s1. The van der Waals surface area contributed by atoms with Gasteiger partial charge in [-0.25, -0.2) is 0 Å². The summed E-state index contributed by atoms with van der Waals surface area (Å²) in [5, 5.41) is 7.80. The molecule has 0 unspecified atom stereocenters. The number of nitrogens with one attached hydrogen (secondary N) is 2. The van der Waals surface area contributed by atoms with E-state index in [2.05, 4.69) is 123 Å². The molecule has 0 spiro atoms. The van der Waals surface area contributed by atoms with E-state index in [1.807, 2.05) is 12.1 Å². The van der Waals surface area contributed by atoms with Crippen LogP contribution in [0.4, 0.5) is 0 Å². The van der Waals surface area contributed by atoms with Crippen LogP contribution in [0.25, 0.3) is 0 Å². The summed E-state index contributed by atoms with van der Waals surface area (Å²) in [6.07, 6.45) is 0.0898. The molecule has 4 heteroatoms. The summed E-state index contributed by atoms with van der Waals surface area (Å²) >= 11 is 0. The molecule has 0 aromatic heterocycles. The first kappa shape index (κ1) is 27.2. The minimum Gasteiger partial charge on any atom is -0.491 e. The second kappa shape index (κ2) is 10.5. The maximum absolute atomic E-state index is 6.44. The maximum Gasteiger partial charge on any atom is 0.124 e. The van der Waals surface area contributed by atoms with Crippen LogP contribution in [0.2, 0.25) is 0 Å². The molecule has 4 nitrogen and oxygen atoms in total. The van der Waals surface area contributed by atoms with Gasteiger partial charge in [0, 0.05) is 22.2 Å². The Bertz CT molecular complexity index is 885. The van der Waals surface area contributed by atoms with E-state index in [1.54, 1.807) is 0 Å². The zero-order valence-electron chi connectivity index (χ0n) is 22.7. The van der Waals surface area contributed by atoms with Crippen LogP contribution in [0.5, 0.6) is 11.5 Å². The molecule has 0 amide bonds. The van der Waals surface area contributed by atoms with Gasteiger partial charge in [0.05, 0.1) is 18.2 Å². The fourth-order valence-electron chi connectivity index (χ4n) is 3.87. The van der Waals surface area contributed by atoms with E-state index in [9.17, 15) is 0 Å². The Morgan fingerprint density at radius 2 is 1.00 bits per heavy atom. The Hall–Kier alpha value is -2.04. The largest absolute Gasteiger partial charge is 0.491 e. The van der Waals surface area contributed by atoms with Crippen LogP contribution in [-0.2, 0) is 0 Å². The highest BCUT2D eigenvalue weighted by Gasteiger charge is 2.35. The van der Waals surface area contributed by atoms with Crippen LogP contribution in [0.15, 0.2) is 48.5 Å². The molecule has 0 saturated heterocycles. The minimum atomic E-state index is -0.298. The number of hydrogen-bond donors (Lipinski definition) is 2. The van der Waals surface area contributed by atoms with E-state index in [1.165, 1.54) is 0 Å². The summed E-state index contributed by atoms with van der Waals surface area (Å²) in [6, 6.07) is 16.6. The van der Waals surface area contributed by atoms with Crippen molar-refractivity contribution < 1.29 is 9.47 Å². The van der Waals surface area contributed by atoms with Gasteiger partial charge < -0.3 is 20.1 Å². The lowest BCUT2D eigenvalue weighted by atomic mass is 9.88. The Morgan fingerprint density at radius 1 is 0.606 bits per heavy atom. The average molecular weight is 455 g/mol. The molecular formula is C29H46N2O2. The molecule has 2 aromatic carbocycles. The maximum atomic E-state index is 6.44. The SMILES string of the molecule is CC(C)Oc1ccccc1[C@H](NC(C)(C)C)[C@@H](NC(C)(C)C)c1ccccc1OC(C)(C)C. The van der Waals surface area contributed by atoms with Crippen molar-refractivity contribution in [1.29, 1.82) is 0 Å². The highest BCUT2D eigenvalue weighted by atomic mass is 16.5. The van der Waals surface area contributed by atoms with E-state index in [0.717, 1.165) is 22.6 Å². The summed E-state index contributed by atoms with van der Waals surface area (Å²) in [6.45, 7) is 23.6. The molecule has 184 valence electrons. The van der Waals surface area contributed by atoms with Crippen molar-refractivity contribution in [1.82, 2.24) is 10.6 Å². The third-order valence-corrected chi connectivity index (χ3v) is 4.80. The van der Waals surface area contributed by atoms with Crippen molar-refractivity contribution >= 4 is 0 Å². The number of ether oxygens (including phenoxy) is 2. The van der Waals surface area contributed by atoms with E-state index in [4.69, 9.17) is 9.47 Å². The number of benzene rings is 2. The summed E-state index contributed by atoms with van der Waals surface area (Å²) in [4.78, 5) is 0. The van der Waals surface area contributed by atoms with Gasteiger partial charge in [-0.05, 0) is 88.3 Å². The van der Waals surface area contributed by atoms with Crippen molar-refractivity contribution in [2.75, 3.05) is 0 Å². The smallest absolute Gasteiger partial charge is 0.124 e. The normalized spacial score (nSPS) is 14.8. The zero-order chi connectivity index (χ0) is 25.0. The molecular weight excluding hydrogens is 408 g/mol. The lowest BCUT2D eigenvalue weighted by Gasteiger charge is -2.40. The van der Waals surface area contributed by atoms with Crippen molar-refractivity contribution in [3.05, 3.63) is 59.7 Å².